The van der Waals surface area contributed by atoms with Crippen LogP contribution in [0, 0.1) is 0 Å². The number of carbonyl (C=O) groups excluding carboxylic acids is 1. The van der Waals surface area contributed by atoms with E-state index in [1.54, 1.807) is 18.5 Å². The number of rotatable bonds is 1. The molecule has 0 bridgehead atoms. The lowest BCUT2D eigenvalue weighted by Crippen LogP contribution is -2.31. The number of hydrogen-bond acceptors (Lipinski definition) is 4. The number of amidine groups is 1. The summed E-state index contributed by atoms with van der Waals surface area (Å²) in [5.74, 6) is 0.544. The molecule has 0 saturated carbocycles. The number of hydrogen-bond donors (Lipinski definition) is 0. The highest BCUT2D eigenvalue weighted by Crippen LogP contribution is 2.17. The van der Waals surface area contributed by atoms with Crippen molar-refractivity contribution in [1.29, 1.82) is 0 Å². The van der Waals surface area contributed by atoms with Gasteiger partial charge >= 0.3 is 5.97 Å². The molecule has 0 atom stereocenters. The Labute approximate surface area is 101 Å². The molecule has 0 aromatic rings. The van der Waals surface area contributed by atoms with E-state index in [1.807, 2.05) is 37.8 Å². The molecule has 0 aliphatic carbocycles. The average molecular weight is 232 g/mol. The first-order valence-corrected chi connectivity index (χ1v) is 5.58. The molecule has 0 aromatic carbocycles. The molecular formula is C13H16N2O2. The van der Waals surface area contributed by atoms with E-state index in [4.69, 9.17) is 4.74 Å². The topological polar surface area (TPSA) is 41.9 Å². The molecule has 4 nitrogen and oxygen atoms in total. The second-order valence-electron chi connectivity index (χ2n) is 4.94. The Morgan fingerprint density at radius 2 is 2.18 bits per heavy atom. The maximum atomic E-state index is 11.9. The molecule has 0 saturated heterocycles. The second-order valence-corrected chi connectivity index (χ2v) is 4.94. The second kappa shape index (κ2) is 4.20. The van der Waals surface area contributed by atoms with E-state index in [2.05, 4.69) is 4.99 Å². The summed E-state index contributed by atoms with van der Waals surface area (Å²) >= 11 is 0. The zero-order valence-corrected chi connectivity index (χ0v) is 10.3. The van der Waals surface area contributed by atoms with Crippen LogP contribution in [0.2, 0.25) is 0 Å². The highest BCUT2D eigenvalue weighted by Gasteiger charge is 2.22. The van der Waals surface area contributed by atoms with Crippen LogP contribution < -0.4 is 0 Å². The molecule has 0 radical (unpaired) electrons. The smallest absolute Gasteiger partial charge is 0.340 e. The van der Waals surface area contributed by atoms with Crippen LogP contribution in [0.25, 0.3) is 0 Å². The van der Waals surface area contributed by atoms with Gasteiger partial charge in [0.1, 0.15) is 11.4 Å². The summed E-state index contributed by atoms with van der Waals surface area (Å²) in [6.07, 6.45) is 9.04. The van der Waals surface area contributed by atoms with Crippen LogP contribution in [-0.4, -0.2) is 28.9 Å². The predicted octanol–water partition coefficient (Wildman–Crippen LogP) is 2.01. The van der Waals surface area contributed by atoms with Crippen LogP contribution in [0.4, 0.5) is 0 Å². The summed E-state index contributed by atoms with van der Waals surface area (Å²) in [4.78, 5) is 18.0. The molecule has 17 heavy (non-hydrogen) atoms. The third-order valence-electron chi connectivity index (χ3n) is 2.25. The van der Waals surface area contributed by atoms with Gasteiger partial charge in [0, 0.05) is 18.9 Å². The van der Waals surface area contributed by atoms with Gasteiger partial charge in [-0.25, -0.2) is 9.79 Å². The summed E-state index contributed by atoms with van der Waals surface area (Å²) in [7, 11) is 0. The van der Waals surface area contributed by atoms with Gasteiger partial charge in [0.05, 0.1) is 5.57 Å². The van der Waals surface area contributed by atoms with E-state index in [-0.39, 0.29) is 5.97 Å². The Hall–Kier alpha value is -1.84. The fourth-order valence-electron chi connectivity index (χ4n) is 1.55. The van der Waals surface area contributed by atoms with Crippen molar-refractivity contribution in [2.75, 3.05) is 6.54 Å². The molecule has 4 heteroatoms. The quantitative estimate of drug-likeness (QED) is 0.649. The monoisotopic (exact) mass is 232 g/mol. The molecule has 90 valence electrons. The van der Waals surface area contributed by atoms with Gasteiger partial charge in [0.25, 0.3) is 0 Å². The van der Waals surface area contributed by atoms with Crippen LogP contribution in [0.3, 0.4) is 0 Å². The van der Waals surface area contributed by atoms with E-state index >= 15 is 0 Å². The van der Waals surface area contributed by atoms with Crippen molar-refractivity contribution in [3.8, 4) is 0 Å². The summed E-state index contributed by atoms with van der Waals surface area (Å²) in [6, 6.07) is 0. The maximum Gasteiger partial charge on any atom is 0.340 e. The third kappa shape index (κ3) is 2.84. The molecule has 0 aromatic heterocycles. The number of nitrogens with zero attached hydrogens (tertiary/aromatic N) is 2. The minimum atomic E-state index is -0.470. The first kappa shape index (κ1) is 11.6. The Balaban J connectivity index is 2.12. The number of ether oxygens (including phenoxy) is 1. The van der Waals surface area contributed by atoms with Crippen molar-refractivity contribution < 1.29 is 9.53 Å². The van der Waals surface area contributed by atoms with E-state index in [0.717, 1.165) is 12.4 Å². The van der Waals surface area contributed by atoms with Crippen LogP contribution >= 0.6 is 0 Å². The van der Waals surface area contributed by atoms with E-state index in [0.29, 0.717) is 5.57 Å². The molecule has 2 rings (SSSR count). The first-order valence-electron chi connectivity index (χ1n) is 5.58. The molecule has 0 amide bonds. The van der Waals surface area contributed by atoms with Crippen molar-refractivity contribution in [3.05, 3.63) is 36.2 Å². The summed E-state index contributed by atoms with van der Waals surface area (Å²) < 4.78 is 5.31. The minimum Gasteiger partial charge on any atom is -0.456 e. The Kier molecular flexibility index (Phi) is 2.88. The van der Waals surface area contributed by atoms with Crippen LogP contribution in [0.5, 0.6) is 0 Å². The van der Waals surface area contributed by atoms with Gasteiger partial charge < -0.3 is 9.64 Å². The lowest BCUT2D eigenvalue weighted by molar-refractivity contribution is -0.149. The highest BCUT2D eigenvalue weighted by atomic mass is 16.6. The molecule has 2 aliphatic rings. The Morgan fingerprint density at radius 3 is 2.88 bits per heavy atom. The zero-order valence-electron chi connectivity index (χ0n) is 10.3. The largest absolute Gasteiger partial charge is 0.456 e. The van der Waals surface area contributed by atoms with Crippen LogP contribution in [0.1, 0.15) is 20.8 Å². The SMILES string of the molecule is CC(C)(C)OC(=O)C1=CN2CC=CN=C2C=C1. The summed E-state index contributed by atoms with van der Waals surface area (Å²) in [6.45, 7) is 6.30. The summed E-state index contributed by atoms with van der Waals surface area (Å²) in [5.41, 5.74) is 0.0799. The van der Waals surface area contributed by atoms with Crippen molar-refractivity contribution in [2.24, 2.45) is 4.99 Å². The van der Waals surface area contributed by atoms with Crippen LogP contribution in [-0.2, 0) is 9.53 Å². The van der Waals surface area contributed by atoms with Gasteiger partial charge in [0.2, 0.25) is 0 Å². The third-order valence-corrected chi connectivity index (χ3v) is 2.25. The van der Waals surface area contributed by atoms with Crippen LogP contribution in [0.15, 0.2) is 41.2 Å². The number of fused-ring (bicyclic) bond motifs is 1. The predicted molar refractivity (Wildman–Crippen MR) is 66.3 cm³/mol. The number of esters is 1. The molecule has 2 heterocycles. The highest BCUT2D eigenvalue weighted by molar-refractivity contribution is 6.01. The van der Waals surface area contributed by atoms with E-state index in [9.17, 15) is 4.79 Å². The van der Waals surface area contributed by atoms with Crippen molar-refractivity contribution in [2.45, 2.75) is 26.4 Å². The van der Waals surface area contributed by atoms with Gasteiger partial charge in [-0.05, 0) is 39.0 Å². The lowest BCUT2D eigenvalue weighted by Gasteiger charge is -2.26. The van der Waals surface area contributed by atoms with E-state index < -0.39 is 5.60 Å². The van der Waals surface area contributed by atoms with Gasteiger partial charge in [-0.2, -0.15) is 0 Å². The number of carbonyl (C=O) groups is 1. The Bertz CT molecular complexity index is 451. The van der Waals surface area contributed by atoms with Crippen molar-refractivity contribution in [1.82, 2.24) is 4.90 Å². The fourth-order valence-corrected chi connectivity index (χ4v) is 1.55. The lowest BCUT2D eigenvalue weighted by atomic mass is 10.1. The fraction of sp³-hybridized carbons (Fsp3) is 0.385. The molecule has 0 unspecified atom stereocenters. The van der Waals surface area contributed by atoms with Crippen molar-refractivity contribution >= 4 is 11.8 Å². The molecule has 0 spiro atoms. The molecular weight excluding hydrogens is 216 g/mol. The summed E-state index contributed by atoms with van der Waals surface area (Å²) in [5, 5.41) is 0. The maximum absolute atomic E-state index is 11.9. The number of aliphatic imine (C=N–C) groups is 1. The molecule has 2 aliphatic heterocycles. The van der Waals surface area contributed by atoms with Gasteiger partial charge in [-0.15, -0.1) is 0 Å². The van der Waals surface area contributed by atoms with Crippen molar-refractivity contribution in [3.63, 3.8) is 0 Å². The molecule has 0 N–H and O–H groups in total. The van der Waals surface area contributed by atoms with Gasteiger partial charge in [-0.3, -0.25) is 0 Å². The van der Waals surface area contributed by atoms with Gasteiger partial charge in [0.15, 0.2) is 0 Å². The van der Waals surface area contributed by atoms with Gasteiger partial charge in [-0.1, -0.05) is 0 Å². The Morgan fingerprint density at radius 1 is 1.41 bits per heavy atom. The minimum absolute atomic E-state index is 0.303. The standard InChI is InChI=1S/C13H16N2O2/c1-13(2,3)17-12(16)10-5-6-11-14-7-4-8-15(11)9-10/h4-7,9H,8H2,1-3H3. The molecule has 0 fully saturated rings. The first-order chi connectivity index (χ1) is 7.96. The zero-order chi connectivity index (χ0) is 12.5. The van der Waals surface area contributed by atoms with E-state index in [1.165, 1.54) is 0 Å². The average Bonchev–Trinajstić information content (AvgIpc) is 2.26. The normalized spacial score (nSPS) is 18.4.